The summed E-state index contributed by atoms with van der Waals surface area (Å²) in [5.41, 5.74) is 3.14. The van der Waals surface area contributed by atoms with E-state index in [1.165, 1.54) is 22.2 Å². The summed E-state index contributed by atoms with van der Waals surface area (Å²) in [6.45, 7) is 1.47. The van der Waals surface area contributed by atoms with Crippen molar-refractivity contribution in [2.45, 2.75) is 18.1 Å². The van der Waals surface area contributed by atoms with Crippen LogP contribution in [-0.4, -0.2) is 37.9 Å². The maximum Gasteiger partial charge on any atom is 0.233 e. The Bertz CT molecular complexity index is 1200. The molecule has 0 saturated heterocycles. The lowest BCUT2D eigenvalue weighted by Gasteiger charge is -2.26. The highest BCUT2D eigenvalue weighted by atomic mass is 35.5. The molecule has 1 amide bonds. The van der Waals surface area contributed by atoms with Crippen LogP contribution in [-0.2, 0) is 17.8 Å². The number of fused-ring (bicyclic) bond motifs is 1. The van der Waals surface area contributed by atoms with Gasteiger partial charge in [0.05, 0.1) is 5.75 Å². The number of thiophene rings is 1. The molecule has 8 heteroatoms. The Hall–Kier alpha value is -2.61. The molecule has 0 fully saturated rings. The molecule has 0 unspecified atom stereocenters. The highest BCUT2D eigenvalue weighted by molar-refractivity contribution is 7.99. The molecule has 156 valence electrons. The summed E-state index contributed by atoms with van der Waals surface area (Å²) in [4.78, 5) is 16.2. The molecule has 1 aliphatic rings. The van der Waals surface area contributed by atoms with E-state index < -0.39 is 0 Å². The number of hydrogen-bond donors (Lipinski definition) is 0. The molecule has 2 aromatic heterocycles. The van der Waals surface area contributed by atoms with E-state index in [4.69, 9.17) is 11.6 Å². The molecule has 0 saturated carbocycles. The third-order valence-corrected chi connectivity index (χ3v) is 7.42. The van der Waals surface area contributed by atoms with E-state index in [2.05, 4.69) is 21.6 Å². The summed E-state index contributed by atoms with van der Waals surface area (Å²) in [5.74, 6) is 1.17. The van der Waals surface area contributed by atoms with Gasteiger partial charge in [0.1, 0.15) is 0 Å². The Labute approximate surface area is 193 Å². The van der Waals surface area contributed by atoms with Gasteiger partial charge in [-0.1, -0.05) is 41.6 Å². The van der Waals surface area contributed by atoms with Crippen LogP contribution in [0.15, 0.2) is 71.2 Å². The fourth-order valence-electron chi connectivity index (χ4n) is 3.64. The van der Waals surface area contributed by atoms with Gasteiger partial charge in [-0.05, 0) is 59.8 Å². The Morgan fingerprint density at radius 3 is 2.68 bits per heavy atom. The van der Waals surface area contributed by atoms with Crippen molar-refractivity contribution in [1.82, 2.24) is 19.7 Å². The molecule has 0 aliphatic carbocycles. The average Bonchev–Trinajstić information content (AvgIpc) is 3.45. The van der Waals surface area contributed by atoms with Crippen LogP contribution >= 0.6 is 34.7 Å². The second kappa shape index (κ2) is 8.86. The predicted molar refractivity (Wildman–Crippen MR) is 126 cm³/mol. The number of rotatable bonds is 5. The zero-order valence-electron chi connectivity index (χ0n) is 16.6. The van der Waals surface area contributed by atoms with Gasteiger partial charge >= 0.3 is 0 Å². The fourth-order valence-corrected chi connectivity index (χ4v) is 5.51. The van der Waals surface area contributed by atoms with E-state index in [1.54, 1.807) is 11.3 Å². The van der Waals surface area contributed by atoms with Gasteiger partial charge in [0, 0.05) is 34.2 Å². The van der Waals surface area contributed by atoms with Gasteiger partial charge < -0.3 is 4.90 Å². The van der Waals surface area contributed by atoms with Crippen LogP contribution in [0.1, 0.15) is 10.4 Å². The Morgan fingerprint density at radius 2 is 1.87 bits per heavy atom. The first kappa shape index (κ1) is 20.3. The van der Waals surface area contributed by atoms with Crippen LogP contribution in [0, 0.1) is 0 Å². The van der Waals surface area contributed by atoms with Crippen LogP contribution in [0.4, 0.5) is 0 Å². The van der Waals surface area contributed by atoms with E-state index >= 15 is 0 Å². The summed E-state index contributed by atoms with van der Waals surface area (Å²) in [7, 11) is 0. The summed E-state index contributed by atoms with van der Waals surface area (Å²) >= 11 is 9.25. The van der Waals surface area contributed by atoms with Crippen LogP contribution in [0.2, 0.25) is 5.02 Å². The van der Waals surface area contributed by atoms with Crippen LogP contribution in [0.25, 0.3) is 17.1 Å². The van der Waals surface area contributed by atoms with Crippen molar-refractivity contribution in [2.24, 2.45) is 0 Å². The number of halogens is 1. The maximum atomic E-state index is 12.9. The monoisotopic (exact) mass is 466 g/mol. The molecule has 2 aromatic carbocycles. The molecule has 31 heavy (non-hydrogen) atoms. The molecule has 0 bridgehead atoms. The summed E-state index contributed by atoms with van der Waals surface area (Å²) in [6, 6.07) is 19.6. The fraction of sp³-hybridized carbons (Fsp3) is 0.174. The number of carbonyl (C=O) groups excluding carboxylic acids is 1. The summed E-state index contributed by atoms with van der Waals surface area (Å²) in [6.07, 6.45) is 0.935. The van der Waals surface area contributed by atoms with Gasteiger partial charge in [0.15, 0.2) is 11.0 Å². The highest BCUT2D eigenvalue weighted by Gasteiger charge is 2.23. The third-order valence-electron chi connectivity index (χ3n) is 5.24. The maximum absolute atomic E-state index is 12.9. The van der Waals surface area contributed by atoms with Crippen molar-refractivity contribution in [1.29, 1.82) is 0 Å². The summed E-state index contributed by atoms with van der Waals surface area (Å²) < 4.78 is 1.99. The highest BCUT2D eigenvalue weighted by Crippen LogP contribution is 2.30. The lowest BCUT2D eigenvalue weighted by atomic mass is 10.1. The van der Waals surface area contributed by atoms with E-state index in [1.807, 2.05) is 64.1 Å². The number of thioether (sulfide) groups is 1. The van der Waals surface area contributed by atoms with Gasteiger partial charge in [-0.3, -0.25) is 9.36 Å². The number of carbonyl (C=O) groups is 1. The first-order valence-electron chi connectivity index (χ1n) is 9.91. The molecule has 0 spiro atoms. The van der Waals surface area contributed by atoms with E-state index in [-0.39, 0.29) is 5.91 Å². The molecular weight excluding hydrogens is 448 g/mol. The van der Waals surface area contributed by atoms with Crippen molar-refractivity contribution in [3.63, 3.8) is 0 Å². The molecule has 0 radical (unpaired) electrons. The second-order valence-corrected chi connectivity index (χ2v) is 9.59. The Kier molecular flexibility index (Phi) is 5.80. The van der Waals surface area contributed by atoms with Crippen LogP contribution in [0.3, 0.4) is 0 Å². The van der Waals surface area contributed by atoms with Crippen molar-refractivity contribution >= 4 is 40.6 Å². The number of benzene rings is 2. The van der Waals surface area contributed by atoms with Crippen molar-refractivity contribution < 1.29 is 4.79 Å². The molecule has 1 aliphatic heterocycles. The molecule has 0 atom stereocenters. The zero-order chi connectivity index (χ0) is 21.2. The van der Waals surface area contributed by atoms with Gasteiger partial charge in [0.25, 0.3) is 0 Å². The second-order valence-electron chi connectivity index (χ2n) is 7.21. The molecule has 5 rings (SSSR count). The molecule has 0 N–H and O–H groups in total. The molecule has 5 nitrogen and oxygen atoms in total. The van der Waals surface area contributed by atoms with Crippen LogP contribution in [0.5, 0.6) is 0 Å². The standard InChI is InChI=1S/C23H19ClN4OS2/c24-18-8-6-16(7-9-18)22-25-26-23(28(22)19-4-2-1-3-5-19)31-15-21(29)27-12-10-20-17(14-27)11-13-30-20/h1-9,11,13H,10,12,14-15H2. The number of aromatic nitrogens is 3. The van der Waals surface area contributed by atoms with Gasteiger partial charge in [-0.2, -0.15) is 0 Å². The first-order chi connectivity index (χ1) is 15.2. The molecule has 3 heterocycles. The Balaban J connectivity index is 1.39. The zero-order valence-corrected chi connectivity index (χ0v) is 19.0. The number of nitrogens with zero attached hydrogens (tertiary/aromatic N) is 4. The van der Waals surface area contributed by atoms with Crippen molar-refractivity contribution in [3.8, 4) is 17.1 Å². The predicted octanol–water partition coefficient (Wildman–Crippen LogP) is 5.33. The minimum absolute atomic E-state index is 0.123. The topological polar surface area (TPSA) is 51.0 Å². The normalized spacial score (nSPS) is 13.3. The largest absolute Gasteiger partial charge is 0.337 e. The first-order valence-corrected chi connectivity index (χ1v) is 12.2. The third kappa shape index (κ3) is 4.26. The van der Waals surface area contributed by atoms with E-state index in [0.717, 1.165) is 30.0 Å². The smallest absolute Gasteiger partial charge is 0.233 e. The number of hydrogen-bond acceptors (Lipinski definition) is 5. The van der Waals surface area contributed by atoms with Crippen molar-refractivity contribution in [3.05, 3.63) is 81.5 Å². The van der Waals surface area contributed by atoms with Gasteiger partial charge in [-0.25, -0.2) is 0 Å². The number of para-hydroxylation sites is 1. The van der Waals surface area contributed by atoms with Gasteiger partial charge in [0.2, 0.25) is 5.91 Å². The van der Waals surface area contributed by atoms with Crippen molar-refractivity contribution in [2.75, 3.05) is 12.3 Å². The SMILES string of the molecule is O=C(CSc1nnc(-c2ccc(Cl)cc2)n1-c1ccccc1)N1CCc2sccc2C1. The summed E-state index contributed by atoms with van der Waals surface area (Å²) in [5, 5.41) is 12.3. The number of amides is 1. The minimum atomic E-state index is 0.123. The minimum Gasteiger partial charge on any atom is -0.337 e. The van der Waals surface area contributed by atoms with E-state index in [0.29, 0.717) is 22.5 Å². The average molecular weight is 467 g/mol. The van der Waals surface area contributed by atoms with E-state index in [9.17, 15) is 4.79 Å². The van der Waals surface area contributed by atoms with Crippen LogP contribution < -0.4 is 0 Å². The molecular formula is C23H19ClN4OS2. The quantitative estimate of drug-likeness (QED) is 0.373. The lowest BCUT2D eigenvalue weighted by molar-refractivity contribution is -0.129. The Morgan fingerprint density at radius 1 is 1.06 bits per heavy atom. The van der Waals surface area contributed by atoms with Gasteiger partial charge in [-0.15, -0.1) is 21.5 Å². The molecule has 4 aromatic rings. The lowest BCUT2D eigenvalue weighted by Crippen LogP contribution is -2.36.